The van der Waals surface area contributed by atoms with Gasteiger partial charge in [-0.15, -0.1) is 11.3 Å². The smallest absolute Gasteiger partial charge is 0.358 e. The molecule has 0 saturated heterocycles. The number of nitrogens with one attached hydrogen (secondary N) is 1. The molecular weight excluding hydrogens is 474 g/mol. The van der Waals surface area contributed by atoms with Crippen LogP contribution in [0.5, 0.6) is 5.75 Å². The van der Waals surface area contributed by atoms with E-state index in [0.717, 1.165) is 21.3 Å². The van der Waals surface area contributed by atoms with Crippen LogP contribution in [-0.2, 0) is 4.74 Å². The minimum atomic E-state index is -0.501. The van der Waals surface area contributed by atoms with Crippen molar-refractivity contribution in [2.24, 2.45) is 0 Å². The molecule has 0 aliphatic carbocycles. The van der Waals surface area contributed by atoms with Gasteiger partial charge in [-0.2, -0.15) is 5.10 Å². The molecule has 2 aromatic heterocycles. The molecule has 0 bridgehead atoms. The molecule has 8 heteroatoms. The van der Waals surface area contributed by atoms with Crippen LogP contribution in [0.3, 0.4) is 0 Å². The normalized spacial score (nSPS) is 10.8. The van der Waals surface area contributed by atoms with Crippen LogP contribution in [0.15, 0.2) is 84.2 Å². The van der Waals surface area contributed by atoms with Crippen LogP contribution in [-0.4, -0.2) is 35.4 Å². The number of amides is 1. The van der Waals surface area contributed by atoms with E-state index >= 15 is 0 Å². The first-order chi connectivity index (χ1) is 17.6. The average molecular weight is 498 g/mol. The number of carbonyl (C=O) groups is 2. The van der Waals surface area contributed by atoms with Crippen molar-refractivity contribution in [2.75, 3.05) is 19.0 Å². The van der Waals surface area contributed by atoms with Gasteiger partial charge in [0.1, 0.15) is 5.75 Å². The Hall–Kier alpha value is -4.43. The zero-order chi connectivity index (χ0) is 25.1. The summed E-state index contributed by atoms with van der Waals surface area (Å²) in [6.45, 7) is 2.00. The minimum absolute atomic E-state index is 0.196. The van der Waals surface area contributed by atoms with Gasteiger partial charge in [0.2, 0.25) is 0 Å². The lowest BCUT2D eigenvalue weighted by atomic mass is 10.1. The number of benzene rings is 3. The first-order valence-corrected chi connectivity index (χ1v) is 12.2. The largest absolute Gasteiger partial charge is 0.497 e. The summed E-state index contributed by atoms with van der Waals surface area (Å²) in [7, 11) is 1.60. The fourth-order valence-electron chi connectivity index (χ4n) is 3.88. The van der Waals surface area contributed by atoms with Gasteiger partial charge in [-0.3, -0.25) is 4.79 Å². The molecule has 0 spiro atoms. The zero-order valence-electron chi connectivity index (χ0n) is 19.7. The lowest BCUT2D eigenvalue weighted by molar-refractivity contribution is 0.0519. The fraction of sp³-hybridized carbons (Fsp3) is 0.107. The second kappa shape index (κ2) is 10.1. The molecule has 0 fully saturated rings. The van der Waals surface area contributed by atoms with Crippen LogP contribution in [0.4, 0.5) is 5.69 Å². The highest BCUT2D eigenvalue weighted by molar-refractivity contribution is 7.17. The summed E-state index contributed by atoms with van der Waals surface area (Å²) in [5, 5.41) is 10.5. The SMILES string of the molecule is CCOC(=O)c1cc(-c2cccc(NC(=O)c3ccc4sccc4c3)c2)n(-c2ccc(OC)cc2)n1. The van der Waals surface area contributed by atoms with E-state index in [0.29, 0.717) is 22.7 Å². The minimum Gasteiger partial charge on any atom is -0.497 e. The van der Waals surface area contributed by atoms with Crippen LogP contribution < -0.4 is 10.1 Å². The molecule has 5 rings (SSSR count). The average Bonchev–Trinajstić information content (AvgIpc) is 3.56. The second-order valence-electron chi connectivity index (χ2n) is 7.95. The van der Waals surface area contributed by atoms with E-state index in [-0.39, 0.29) is 18.2 Å². The number of esters is 1. The number of fused-ring (bicyclic) bond motifs is 1. The summed E-state index contributed by atoms with van der Waals surface area (Å²) in [6.07, 6.45) is 0. The number of thiophene rings is 1. The molecule has 0 atom stereocenters. The third-order valence-corrected chi connectivity index (χ3v) is 6.54. The number of nitrogens with zero attached hydrogens (tertiary/aromatic N) is 2. The van der Waals surface area contributed by atoms with Gasteiger partial charge < -0.3 is 14.8 Å². The number of carbonyl (C=O) groups excluding carboxylic acids is 2. The summed E-state index contributed by atoms with van der Waals surface area (Å²) in [6, 6.07) is 24.1. The van der Waals surface area contributed by atoms with E-state index in [1.165, 1.54) is 0 Å². The molecule has 2 heterocycles. The van der Waals surface area contributed by atoms with Crippen molar-refractivity contribution in [1.82, 2.24) is 9.78 Å². The van der Waals surface area contributed by atoms with Crippen LogP contribution >= 0.6 is 11.3 Å². The lowest BCUT2D eigenvalue weighted by Gasteiger charge is -2.11. The number of ether oxygens (including phenoxy) is 2. The van der Waals surface area contributed by atoms with E-state index in [4.69, 9.17) is 9.47 Å². The highest BCUT2D eigenvalue weighted by atomic mass is 32.1. The van der Waals surface area contributed by atoms with Gasteiger partial charge in [0, 0.05) is 21.5 Å². The van der Waals surface area contributed by atoms with Gasteiger partial charge in [-0.1, -0.05) is 12.1 Å². The van der Waals surface area contributed by atoms with Gasteiger partial charge in [-0.25, -0.2) is 9.48 Å². The van der Waals surface area contributed by atoms with Gasteiger partial charge in [0.25, 0.3) is 5.91 Å². The first-order valence-electron chi connectivity index (χ1n) is 11.4. The van der Waals surface area contributed by atoms with E-state index in [1.54, 1.807) is 36.1 Å². The number of aromatic nitrogens is 2. The van der Waals surface area contributed by atoms with Crippen molar-refractivity contribution in [3.63, 3.8) is 0 Å². The maximum atomic E-state index is 12.9. The number of anilines is 1. The van der Waals surface area contributed by atoms with Crippen molar-refractivity contribution in [1.29, 1.82) is 0 Å². The van der Waals surface area contributed by atoms with E-state index in [1.807, 2.05) is 78.2 Å². The fourth-order valence-corrected chi connectivity index (χ4v) is 4.65. The van der Waals surface area contributed by atoms with Crippen molar-refractivity contribution in [3.05, 3.63) is 95.5 Å². The molecule has 0 aliphatic rings. The van der Waals surface area contributed by atoms with Crippen LogP contribution in [0.25, 0.3) is 27.0 Å². The Kier molecular flexibility index (Phi) is 6.51. The number of methoxy groups -OCH3 is 1. The van der Waals surface area contributed by atoms with Gasteiger partial charge in [0.05, 0.1) is 25.1 Å². The highest BCUT2D eigenvalue weighted by Gasteiger charge is 2.18. The molecule has 1 N–H and O–H groups in total. The van der Waals surface area contributed by atoms with Crippen molar-refractivity contribution in [2.45, 2.75) is 6.92 Å². The molecule has 0 unspecified atom stereocenters. The summed E-state index contributed by atoms with van der Waals surface area (Å²) >= 11 is 1.64. The summed E-state index contributed by atoms with van der Waals surface area (Å²) in [5.74, 6) is 0.0128. The Morgan fingerprint density at radius 1 is 1.00 bits per heavy atom. The first kappa shape index (κ1) is 23.3. The van der Waals surface area contributed by atoms with Gasteiger partial charge in [0.15, 0.2) is 5.69 Å². The van der Waals surface area contributed by atoms with Crippen LogP contribution in [0.2, 0.25) is 0 Å². The maximum absolute atomic E-state index is 12.9. The Labute approximate surface area is 211 Å². The van der Waals surface area contributed by atoms with Crippen LogP contribution in [0, 0.1) is 0 Å². The molecule has 0 aliphatic heterocycles. The zero-order valence-corrected chi connectivity index (χ0v) is 20.5. The van der Waals surface area contributed by atoms with Crippen molar-refractivity contribution < 1.29 is 19.1 Å². The molecule has 3 aromatic carbocycles. The van der Waals surface area contributed by atoms with Crippen LogP contribution in [0.1, 0.15) is 27.8 Å². The molecule has 1 amide bonds. The Bertz CT molecular complexity index is 1550. The van der Waals surface area contributed by atoms with E-state index in [2.05, 4.69) is 10.4 Å². The quantitative estimate of drug-likeness (QED) is 0.271. The molecule has 0 saturated carbocycles. The number of hydrogen-bond donors (Lipinski definition) is 1. The third-order valence-electron chi connectivity index (χ3n) is 5.64. The summed E-state index contributed by atoms with van der Waals surface area (Å²) in [5.41, 5.74) is 3.61. The monoisotopic (exact) mass is 497 g/mol. The molecule has 5 aromatic rings. The molecule has 180 valence electrons. The Balaban J connectivity index is 1.49. The highest BCUT2D eigenvalue weighted by Crippen LogP contribution is 2.28. The van der Waals surface area contributed by atoms with Gasteiger partial charge >= 0.3 is 5.97 Å². The van der Waals surface area contributed by atoms with Crippen molar-refractivity contribution in [3.8, 4) is 22.7 Å². The third kappa shape index (κ3) is 4.71. The molecule has 36 heavy (non-hydrogen) atoms. The molecular formula is C28H23N3O4S. The second-order valence-corrected chi connectivity index (χ2v) is 8.90. The number of hydrogen-bond acceptors (Lipinski definition) is 6. The maximum Gasteiger partial charge on any atom is 0.358 e. The number of rotatable bonds is 7. The summed E-state index contributed by atoms with van der Waals surface area (Å²) < 4.78 is 13.2. The standard InChI is InChI=1S/C28H23N3O4S/c1-3-35-28(33)24-17-25(31(30-24)22-8-10-23(34-2)11-9-22)18-5-4-6-21(16-18)29-27(32)20-7-12-26-19(15-20)13-14-36-26/h4-17H,3H2,1-2H3,(H,29,32). The van der Waals surface area contributed by atoms with Gasteiger partial charge in [-0.05, 0) is 84.4 Å². The predicted molar refractivity (Wildman–Crippen MR) is 141 cm³/mol. The van der Waals surface area contributed by atoms with E-state index < -0.39 is 5.97 Å². The topological polar surface area (TPSA) is 82.5 Å². The van der Waals surface area contributed by atoms with Crippen molar-refractivity contribution >= 4 is 39.0 Å². The lowest BCUT2D eigenvalue weighted by Crippen LogP contribution is -2.11. The van der Waals surface area contributed by atoms with E-state index in [9.17, 15) is 9.59 Å². The molecule has 0 radical (unpaired) electrons. The summed E-state index contributed by atoms with van der Waals surface area (Å²) in [4.78, 5) is 25.4. The Morgan fingerprint density at radius 3 is 2.61 bits per heavy atom. The molecule has 7 nitrogen and oxygen atoms in total. The Morgan fingerprint density at radius 2 is 1.83 bits per heavy atom. The predicted octanol–water partition coefficient (Wildman–Crippen LogP) is 6.19.